The lowest BCUT2D eigenvalue weighted by atomic mass is 9.91. The Morgan fingerprint density at radius 1 is 0.829 bits per heavy atom. The average Bonchev–Trinajstić information content (AvgIpc) is 3.02. The normalized spacial score (nSPS) is 18.7. The van der Waals surface area contributed by atoms with Gasteiger partial charge in [0.1, 0.15) is 0 Å². The quantitative estimate of drug-likeness (QED) is 0.427. The molecule has 1 aliphatic carbocycles. The Kier molecular flexibility index (Phi) is 8.56. The van der Waals surface area contributed by atoms with Crippen molar-refractivity contribution < 1.29 is 14.4 Å². The SMILES string of the molecule is N#Cc1ccc(C(=O)N2CCN(c3ccc(C(=O)NC4CCC(N)CC4)cc3NC(=O)c3ccncc3)CC2)cc1. The van der Waals surface area contributed by atoms with Crippen LogP contribution in [-0.2, 0) is 0 Å². The second kappa shape index (κ2) is 12.6. The van der Waals surface area contributed by atoms with E-state index in [-0.39, 0.29) is 29.8 Å². The Bertz CT molecular complexity index is 1440. The molecule has 0 spiro atoms. The number of nitrogens with zero attached hydrogens (tertiary/aromatic N) is 4. The fourth-order valence-electron chi connectivity index (χ4n) is 5.30. The van der Waals surface area contributed by atoms with Gasteiger partial charge in [-0.05, 0) is 80.3 Å². The van der Waals surface area contributed by atoms with Crippen LogP contribution in [0.15, 0.2) is 67.0 Å². The molecule has 10 heteroatoms. The third-order valence-electron chi connectivity index (χ3n) is 7.73. The van der Waals surface area contributed by atoms with Crippen molar-refractivity contribution in [2.24, 2.45) is 5.73 Å². The van der Waals surface area contributed by atoms with Gasteiger partial charge >= 0.3 is 0 Å². The van der Waals surface area contributed by atoms with Gasteiger partial charge in [0.15, 0.2) is 0 Å². The van der Waals surface area contributed by atoms with Crippen molar-refractivity contribution in [2.45, 2.75) is 37.8 Å². The standard InChI is InChI=1S/C31H33N7O3/c32-20-21-1-3-23(4-2-21)31(41)38-17-15-37(16-18-38)28-10-5-24(30(40)35-26-8-6-25(33)7-9-26)19-27(28)36-29(39)22-11-13-34-14-12-22/h1-5,10-14,19,25-26H,6-9,15-18,33H2,(H,35,40)(H,36,39). The van der Waals surface area contributed by atoms with E-state index in [9.17, 15) is 14.4 Å². The number of pyridine rings is 1. The third-order valence-corrected chi connectivity index (χ3v) is 7.73. The van der Waals surface area contributed by atoms with Gasteiger partial charge in [0.25, 0.3) is 17.7 Å². The lowest BCUT2D eigenvalue weighted by molar-refractivity contribution is 0.0746. The largest absolute Gasteiger partial charge is 0.366 e. The third kappa shape index (κ3) is 6.70. The van der Waals surface area contributed by atoms with Crippen LogP contribution in [0.1, 0.15) is 62.3 Å². The summed E-state index contributed by atoms with van der Waals surface area (Å²) in [6.07, 6.45) is 6.58. The Hall–Kier alpha value is -4.75. The highest BCUT2D eigenvalue weighted by atomic mass is 16.2. The maximum atomic E-state index is 13.1. The molecule has 2 aromatic carbocycles. The molecule has 5 rings (SSSR count). The first-order chi connectivity index (χ1) is 19.9. The highest BCUT2D eigenvalue weighted by Crippen LogP contribution is 2.30. The van der Waals surface area contributed by atoms with Crippen LogP contribution in [-0.4, -0.2) is 65.9 Å². The molecule has 1 saturated carbocycles. The number of nitriles is 1. The number of hydrogen-bond acceptors (Lipinski definition) is 7. The second-order valence-corrected chi connectivity index (χ2v) is 10.5. The van der Waals surface area contributed by atoms with Gasteiger partial charge in [-0.2, -0.15) is 5.26 Å². The number of piperazine rings is 1. The number of aromatic nitrogens is 1. The number of nitrogens with one attached hydrogen (secondary N) is 2. The average molecular weight is 552 g/mol. The summed E-state index contributed by atoms with van der Waals surface area (Å²) in [5, 5.41) is 15.1. The van der Waals surface area contributed by atoms with Gasteiger partial charge in [-0.25, -0.2) is 0 Å². The van der Waals surface area contributed by atoms with Gasteiger partial charge in [0.2, 0.25) is 0 Å². The molecule has 1 aliphatic heterocycles. The topological polar surface area (TPSA) is 144 Å². The van der Waals surface area contributed by atoms with E-state index in [0.717, 1.165) is 31.4 Å². The minimum absolute atomic E-state index is 0.0820. The summed E-state index contributed by atoms with van der Waals surface area (Å²) >= 11 is 0. The molecule has 210 valence electrons. The van der Waals surface area contributed by atoms with Gasteiger partial charge in [-0.15, -0.1) is 0 Å². The summed E-state index contributed by atoms with van der Waals surface area (Å²) in [5.41, 5.74) is 9.28. The molecular weight excluding hydrogens is 518 g/mol. The summed E-state index contributed by atoms with van der Waals surface area (Å²) < 4.78 is 0. The molecule has 10 nitrogen and oxygen atoms in total. The Morgan fingerprint density at radius 2 is 1.49 bits per heavy atom. The van der Waals surface area contributed by atoms with Crippen molar-refractivity contribution in [1.29, 1.82) is 5.26 Å². The number of amides is 3. The molecule has 2 heterocycles. The van der Waals surface area contributed by atoms with Gasteiger partial charge in [-0.3, -0.25) is 19.4 Å². The number of anilines is 2. The molecule has 0 bridgehead atoms. The molecule has 3 amide bonds. The summed E-state index contributed by atoms with van der Waals surface area (Å²) in [4.78, 5) is 47.1. The molecule has 1 aromatic heterocycles. The van der Waals surface area contributed by atoms with E-state index in [2.05, 4.69) is 26.6 Å². The van der Waals surface area contributed by atoms with Crippen molar-refractivity contribution in [3.8, 4) is 6.07 Å². The molecule has 41 heavy (non-hydrogen) atoms. The number of benzene rings is 2. The van der Waals surface area contributed by atoms with E-state index in [4.69, 9.17) is 11.0 Å². The smallest absolute Gasteiger partial charge is 0.255 e. The summed E-state index contributed by atoms with van der Waals surface area (Å²) in [7, 11) is 0. The summed E-state index contributed by atoms with van der Waals surface area (Å²) in [6, 6.07) is 17.6. The molecule has 0 unspecified atom stereocenters. The molecule has 3 aromatic rings. The first-order valence-corrected chi connectivity index (χ1v) is 13.9. The van der Waals surface area contributed by atoms with Gasteiger partial charge in [0.05, 0.1) is 23.0 Å². The van der Waals surface area contributed by atoms with Crippen LogP contribution in [0, 0.1) is 11.3 Å². The number of carbonyl (C=O) groups is 3. The molecule has 2 aliphatic rings. The Morgan fingerprint density at radius 3 is 2.15 bits per heavy atom. The molecular formula is C31H33N7O3. The van der Waals surface area contributed by atoms with Crippen molar-refractivity contribution in [2.75, 3.05) is 36.4 Å². The van der Waals surface area contributed by atoms with E-state index in [0.29, 0.717) is 54.1 Å². The maximum absolute atomic E-state index is 13.1. The van der Waals surface area contributed by atoms with Crippen LogP contribution >= 0.6 is 0 Å². The van der Waals surface area contributed by atoms with Crippen molar-refractivity contribution in [1.82, 2.24) is 15.2 Å². The van der Waals surface area contributed by atoms with Crippen LogP contribution in [0.4, 0.5) is 11.4 Å². The van der Waals surface area contributed by atoms with Gasteiger partial charge < -0.3 is 26.2 Å². The highest BCUT2D eigenvalue weighted by Gasteiger charge is 2.26. The summed E-state index contributed by atoms with van der Waals surface area (Å²) in [5.74, 6) is -0.576. The van der Waals surface area contributed by atoms with Crippen LogP contribution in [0.5, 0.6) is 0 Å². The lowest BCUT2D eigenvalue weighted by Crippen LogP contribution is -2.49. The zero-order valence-corrected chi connectivity index (χ0v) is 22.8. The van der Waals surface area contributed by atoms with E-state index in [1.165, 1.54) is 0 Å². The van der Waals surface area contributed by atoms with Gasteiger partial charge in [-0.1, -0.05) is 0 Å². The molecule has 0 atom stereocenters. The minimum Gasteiger partial charge on any atom is -0.366 e. The lowest BCUT2D eigenvalue weighted by Gasteiger charge is -2.37. The zero-order chi connectivity index (χ0) is 28.8. The molecule has 4 N–H and O–H groups in total. The summed E-state index contributed by atoms with van der Waals surface area (Å²) in [6.45, 7) is 2.08. The zero-order valence-electron chi connectivity index (χ0n) is 22.8. The van der Waals surface area contributed by atoms with Gasteiger partial charge in [0, 0.05) is 67.3 Å². The maximum Gasteiger partial charge on any atom is 0.255 e. The van der Waals surface area contributed by atoms with Crippen LogP contribution in [0.25, 0.3) is 0 Å². The molecule has 2 fully saturated rings. The van der Waals surface area contributed by atoms with E-state index in [1.54, 1.807) is 65.8 Å². The number of carbonyl (C=O) groups excluding carboxylic acids is 3. The fourth-order valence-corrected chi connectivity index (χ4v) is 5.30. The minimum atomic E-state index is -0.304. The van der Waals surface area contributed by atoms with Crippen LogP contribution < -0.4 is 21.3 Å². The van der Waals surface area contributed by atoms with Crippen molar-refractivity contribution in [3.05, 3.63) is 89.2 Å². The predicted octanol–water partition coefficient (Wildman–Crippen LogP) is 3.17. The van der Waals surface area contributed by atoms with E-state index < -0.39 is 0 Å². The Labute approximate surface area is 239 Å². The second-order valence-electron chi connectivity index (χ2n) is 10.5. The van der Waals surface area contributed by atoms with E-state index >= 15 is 0 Å². The number of rotatable bonds is 6. The van der Waals surface area contributed by atoms with Crippen molar-refractivity contribution >= 4 is 29.1 Å². The molecule has 1 saturated heterocycles. The fraction of sp³-hybridized carbons (Fsp3) is 0.323. The highest BCUT2D eigenvalue weighted by molar-refractivity contribution is 6.07. The van der Waals surface area contributed by atoms with Crippen LogP contribution in [0.2, 0.25) is 0 Å². The number of nitrogens with two attached hydrogens (primary N) is 1. The first-order valence-electron chi connectivity index (χ1n) is 13.9. The monoisotopic (exact) mass is 551 g/mol. The van der Waals surface area contributed by atoms with Crippen molar-refractivity contribution in [3.63, 3.8) is 0 Å². The van der Waals surface area contributed by atoms with E-state index in [1.807, 2.05) is 6.07 Å². The Balaban J connectivity index is 1.32. The molecule has 0 radical (unpaired) electrons. The predicted molar refractivity (Wildman–Crippen MR) is 156 cm³/mol. The number of hydrogen-bond donors (Lipinski definition) is 3. The first kappa shape index (κ1) is 27.8. The van der Waals surface area contributed by atoms with Crippen LogP contribution in [0.3, 0.4) is 0 Å².